The number of fused-ring (bicyclic) bond motifs is 1. The van der Waals surface area contributed by atoms with Gasteiger partial charge in [0.15, 0.2) is 0 Å². The van der Waals surface area contributed by atoms with Gasteiger partial charge in [0.2, 0.25) is 0 Å². The Kier molecular flexibility index (Phi) is 7.41. The van der Waals surface area contributed by atoms with E-state index in [1.807, 2.05) is 92.0 Å². The first-order valence-corrected chi connectivity index (χ1v) is 13.9. The van der Waals surface area contributed by atoms with E-state index >= 15 is 0 Å². The summed E-state index contributed by atoms with van der Waals surface area (Å²) in [7, 11) is 2.16. The molecule has 208 valence electrons. The highest BCUT2D eigenvalue weighted by Gasteiger charge is 2.24. The monoisotopic (exact) mass is 546 g/mol. The minimum atomic E-state index is -0.146. The quantitative estimate of drug-likeness (QED) is 0.228. The molecule has 4 aromatic rings. The topological polar surface area (TPSA) is 92.5 Å². The Morgan fingerprint density at radius 1 is 0.951 bits per heavy atom. The van der Waals surface area contributed by atoms with Crippen molar-refractivity contribution in [3.8, 4) is 0 Å². The van der Waals surface area contributed by atoms with Crippen LogP contribution in [0.3, 0.4) is 0 Å². The molecule has 0 radical (unpaired) electrons. The molecule has 1 aromatic heterocycles. The summed E-state index contributed by atoms with van der Waals surface area (Å²) in [6.07, 6.45) is 3.68. The van der Waals surface area contributed by atoms with Crippen molar-refractivity contribution < 1.29 is 9.59 Å². The van der Waals surface area contributed by atoms with Gasteiger partial charge in [-0.2, -0.15) is 0 Å². The van der Waals surface area contributed by atoms with E-state index in [2.05, 4.69) is 37.8 Å². The number of carbonyl (C=O) groups is 2. The number of likely N-dealkylation sites (N-methyl/N-ethyl adjacent to an activating group) is 1. The number of piperazine rings is 1. The van der Waals surface area contributed by atoms with Gasteiger partial charge in [-0.1, -0.05) is 24.3 Å². The Morgan fingerprint density at radius 2 is 1.73 bits per heavy atom. The van der Waals surface area contributed by atoms with Gasteiger partial charge in [0, 0.05) is 72.8 Å². The molecule has 0 spiro atoms. The maximum atomic E-state index is 13.0. The number of aryl methyl sites for hydroxylation is 1. The first-order valence-electron chi connectivity index (χ1n) is 13.9. The fourth-order valence-electron chi connectivity index (χ4n) is 5.22. The van der Waals surface area contributed by atoms with Crippen molar-refractivity contribution in [1.82, 2.24) is 14.8 Å². The van der Waals surface area contributed by atoms with Crippen LogP contribution in [0.2, 0.25) is 0 Å². The second-order valence-corrected chi connectivity index (χ2v) is 10.8. The van der Waals surface area contributed by atoms with Crippen LogP contribution in [0, 0.1) is 6.92 Å². The number of anilines is 4. The van der Waals surface area contributed by atoms with Gasteiger partial charge >= 0.3 is 0 Å². The summed E-state index contributed by atoms with van der Waals surface area (Å²) < 4.78 is 0. The van der Waals surface area contributed by atoms with E-state index in [9.17, 15) is 9.59 Å². The number of rotatable bonds is 7. The smallest absolute Gasteiger partial charge is 0.256 e. The minimum absolute atomic E-state index is 0.125. The third kappa shape index (κ3) is 6.09. The average Bonchev–Trinajstić information content (AvgIpc) is 3.59. The van der Waals surface area contributed by atoms with E-state index in [1.165, 1.54) is 5.56 Å². The lowest BCUT2D eigenvalue weighted by Crippen LogP contribution is -2.43. The van der Waals surface area contributed by atoms with Crippen molar-refractivity contribution in [2.24, 2.45) is 0 Å². The molecule has 3 aromatic carbocycles. The molecule has 2 aliphatic heterocycles. The zero-order valence-corrected chi connectivity index (χ0v) is 23.3. The van der Waals surface area contributed by atoms with E-state index in [1.54, 1.807) is 0 Å². The van der Waals surface area contributed by atoms with Crippen LogP contribution in [0.1, 0.15) is 32.7 Å². The summed E-state index contributed by atoms with van der Waals surface area (Å²) in [6, 6.07) is 23.3. The highest BCUT2D eigenvalue weighted by atomic mass is 16.2. The Balaban J connectivity index is 1.11. The first-order chi connectivity index (χ1) is 19.9. The van der Waals surface area contributed by atoms with Crippen LogP contribution in [0.5, 0.6) is 0 Å². The number of hydrogen-bond acceptors (Lipinski definition) is 5. The van der Waals surface area contributed by atoms with E-state index in [0.29, 0.717) is 16.8 Å². The maximum absolute atomic E-state index is 13.0. The number of hydrogen-bond donors (Lipinski definition) is 4. The molecule has 0 unspecified atom stereocenters. The van der Waals surface area contributed by atoms with Crippen molar-refractivity contribution in [2.45, 2.75) is 13.5 Å². The zero-order valence-electron chi connectivity index (χ0n) is 23.3. The fraction of sp³-hybridized carbons (Fsp3) is 0.212. The van der Waals surface area contributed by atoms with Gasteiger partial charge in [0.1, 0.15) is 0 Å². The van der Waals surface area contributed by atoms with Crippen LogP contribution < -0.4 is 16.0 Å². The number of aromatic amines is 1. The van der Waals surface area contributed by atoms with Crippen molar-refractivity contribution in [3.05, 3.63) is 107 Å². The van der Waals surface area contributed by atoms with Gasteiger partial charge in [-0.05, 0) is 79.7 Å². The fourth-order valence-corrected chi connectivity index (χ4v) is 5.22. The number of benzene rings is 3. The van der Waals surface area contributed by atoms with Crippen molar-refractivity contribution in [1.29, 1.82) is 0 Å². The standard InChI is InChI=1S/C33H34N6O2/c1-22-5-10-27(36-32(40)24-8-6-23(7-9-24)21-39-16-14-38(2)15-17-39)19-30(22)35-26-11-12-28-29(18-25-4-3-13-34-25)33(41)37-31(28)20-26/h3-13,18-20,34-35H,14-17,21H2,1-2H3,(H,36,40)(H,37,41)/b29-18-. The third-order valence-electron chi connectivity index (χ3n) is 7.72. The summed E-state index contributed by atoms with van der Waals surface area (Å²) in [6.45, 7) is 7.22. The van der Waals surface area contributed by atoms with E-state index < -0.39 is 0 Å². The Labute approximate surface area is 240 Å². The molecule has 41 heavy (non-hydrogen) atoms. The van der Waals surface area contributed by atoms with Crippen molar-refractivity contribution in [3.63, 3.8) is 0 Å². The molecule has 8 heteroatoms. The SMILES string of the molecule is Cc1ccc(NC(=O)c2ccc(CN3CCN(C)CC3)cc2)cc1Nc1ccc2c(c1)NC(=O)/C2=C\c1ccc[nH]1. The molecule has 0 aliphatic carbocycles. The summed E-state index contributed by atoms with van der Waals surface area (Å²) in [5.41, 5.74) is 8.42. The van der Waals surface area contributed by atoms with E-state index in [-0.39, 0.29) is 11.8 Å². The van der Waals surface area contributed by atoms with Crippen LogP contribution in [0.15, 0.2) is 79.0 Å². The third-order valence-corrected chi connectivity index (χ3v) is 7.72. The predicted octanol–water partition coefficient (Wildman–Crippen LogP) is 5.56. The van der Waals surface area contributed by atoms with Crippen molar-refractivity contribution in [2.75, 3.05) is 49.2 Å². The molecule has 6 rings (SSSR count). The molecule has 0 bridgehead atoms. The lowest BCUT2D eigenvalue weighted by Gasteiger charge is -2.32. The first kappa shape index (κ1) is 26.6. The average molecular weight is 547 g/mol. The van der Waals surface area contributed by atoms with E-state index in [4.69, 9.17) is 0 Å². The number of H-pyrrole nitrogens is 1. The summed E-state index contributed by atoms with van der Waals surface area (Å²) >= 11 is 0. The molecule has 0 saturated carbocycles. The van der Waals surface area contributed by atoms with Crippen LogP contribution in [-0.4, -0.2) is 59.8 Å². The number of aromatic nitrogens is 1. The largest absolute Gasteiger partial charge is 0.362 e. The van der Waals surface area contributed by atoms with Crippen molar-refractivity contribution >= 4 is 46.2 Å². The van der Waals surface area contributed by atoms with Crippen LogP contribution in [0.4, 0.5) is 22.7 Å². The van der Waals surface area contributed by atoms with Gasteiger partial charge in [-0.3, -0.25) is 14.5 Å². The predicted molar refractivity (Wildman–Crippen MR) is 165 cm³/mol. The molecule has 2 aliphatic rings. The van der Waals surface area contributed by atoms with Crippen LogP contribution in [0.25, 0.3) is 11.6 Å². The molecule has 2 amide bonds. The highest BCUT2D eigenvalue weighted by molar-refractivity contribution is 6.35. The normalized spacial score (nSPS) is 16.4. The van der Waals surface area contributed by atoms with Crippen LogP contribution >= 0.6 is 0 Å². The maximum Gasteiger partial charge on any atom is 0.256 e. The lowest BCUT2D eigenvalue weighted by atomic mass is 10.1. The molecule has 8 nitrogen and oxygen atoms in total. The Morgan fingerprint density at radius 3 is 2.49 bits per heavy atom. The minimum Gasteiger partial charge on any atom is -0.362 e. The molecule has 1 saturated heterocycles. The lowest BCUT2D eigenvalue weighted by molar-refractivity contribution is -0.110. The number of amides is 2. The second kappa shape index (κ2) is 11.4. The highest BCUT2D eigenvalue weighted by Crippen LogP contribution is 2.36. The molecule has 0 atom stereocenters. The molecular weight excluding hydrogens is 512 g/mol. The zero-order chi connectivity index (χ0) is 28.3. The van der Waals surface area contributed by atoms with Gasteiger partial charge in [0.05, 0.1) is 11.3 Å². The second-order valence-electron chi connectivity index (χ2n) is 10.8. The molecule has 4 N–H and O–H groups in total. The summed E-state index contributed by atoms with van der Waals surface area (Å²) in [4.78, 5) is 33.5. The van der Waals surface area contributed by atoms with Gasteiger partial charge in [-0.25, -0.2) is 0 Å². The Bertz CT molecular complexity index is 1600. The van der Waals surface area contributed by atoms with E-state index in [0.717, 1.165) is 66.6 Å². The number of nitrogens with one attached hydrogen (secondary N) is 4. The number of nitrogens with zero attached hydrogens (tertiary/aromatic N) is 2. The molecule has 3 heterocycles. The molecule has 1 fully saturated rings. The summed E-state index contributed by atoms with van der Waals surface area (Å²) in [5, 5.41) is 9.43. The number of carbonyl (C=O) groups excluding carboxylic acids is 2. The van der Waals surface area contributed by atoms with Gasteiger partial charge < -0.3 is 25.8 Å². The Hall–Kier alpha value is -4.66. The molecular formula is C33H34N6O2. The summed E-state index contributed by atoms with van der Waals surface area (Å²) in [5.74, 6) is -0.271. The van der Waals surface area contributed by atoms with Crippen LogP contribution in [-0.2, 0) is 11.3 Å². The van der Waals surface area contributed by atoms with Gasteiger partial charge in [-0.15, -0.1) is 0 Å². The van der Waals surface area contributed by atoms with Gasteiger partial charge in [0.25, 0.3) is 11.8 Å².